The van der Waals surface area contributed by atoms with Crippen molar-refractivity contribution in [3.63, 3.8) is 0 Å². The monoisotopic (exact) mass is 435 g/mol. The number of aromatic nitrogens is 4. The summed E-state index contributed by atoms with van der Waals surface area (Å²) in [5.74, 6) is 0.0301. The Balaban J connectivity index is 1.69. The number of thiazole rings is 1. The molecule has 1 amide bonds. The maximum atomic E-state index is 12.0. The molecule has 0 saturated carbocycles. The Morgan fingerprint density at radius 3 is 2.61 bits per heavy atom. The molecule has 0 radical (unpaired) electrons. The second-order valence-corrected chi connectivity index (χ2v) is 9.07. The highest BCUT2D eigenvalue weighted by molar-refractivity contribution is 7.11. The molecule has 8 nitrogen and oxygen atoms in total. The standard InChI is InChI=1S/C22H25N7OS/c1-12-20(25-13(2)31-12)17-8-9-24-22(27-17)26-16-6-7-18-15(10-16)11-19(21(23)30)29(18)14(3)28(4)5/h6-11,14H,1-5H3,(H2,23,30)(H,24,26,27). The van der Waals surface area contributed by atoms with Gasteiger partial charge in [-0.3, -0.25) is 9.69 Å². The number of amides is 1. The van der Waals surface area contributed by atoms with Crippen molar-refractivity contribution in [2.24, 2.45) is 5.73 Å². The SMILES string of the molecule is Cc1nc(-c2ccnc(Nc3ccc4c(c3)cc(C(N)=O)n4C(C)N(C)C)n2)c(C)s1. The van der Waals surface area contributed by atoms with Gasteiger partial charge in [0.05, 0.1) is 22.4 Å². The number of benzene rings is 1. The Morgan fingerprint density at radius 1 is 1.19 bits per heavy atom. The second kappa shape index (κ2) is 8.09. The van der Waals surface area contributed by atoms with Crippen molar-refractivity contribution in [3.8, 4) is 11.4 Å². The smallest absolute Gasteiger partial charge is 0.265 e. The molecule has 4 aromatic rings. The van der Waals surface area contributed by atoms with Crippen LogP contribution in [0.1, 0.15) is 33.5 Å². The van der Waals surface area contributed by atoms with Crippen LogP contribution >= 0.6 is 11.3 Å². The molecule has 0 saturated heterocycles. The van der Waals surface area contributed by atoms with Crippen molar-refractivity contribution in [2.45, 2.75) is 26.9 Å². The van der Waals surface area contributed by atoms with Crippen LogP contribution in [0.4, 0.5) is 11.6 Å². The average molecular weight is 436 g/mol. The number of rotatable bonds is 6. The van der Waals surface area contributed by atoms with Gasteiger partial charge in [0.1, 0.15) is 11.4 Å². The minimum absolute atomic E-state index is 0.0244. The van der Waals surface area contributed by atoms with E-state index in [0.717, 1.165) is 37.9 Å². The summed E-state index contributed by atoms with van der Waals surface area (Å²) in [7, 11) is 3.93. The first-order chi connectivity index (χ1) is 14.7. The van der Waals surface area contributed by atoms with E-state index in [9.17, 15) is 4.79 Å². The van der Waals surface area contributed by atoms with E-state index in [1.54, 1.807) is 17.5 Å². The fourth-order valence-corrected chi connectivity index (χ4v) is 4.41. The first-order valence-corrected chi connectivity index (χ1v) is 10.7. The van der Waals surface area contributed by atoms with Gasteiger partial charge in [-0.15, -0.1) is 11.3 Å². The lowest BCUT2D eigenvalue weighted by atomic mass is 10.2. The van der Waals surface area contributed by atoms with Crippen LogP contribution in [0.25, 0.3) is 22.3 Å². The fourth-order valence-electron chi connectivity index (χ4n) is 3.58. The number of carbonyl (C=O) groups is 1. The van der Waals surface area contributed by atoms with Crippen molar-refractivity contribution in [1.82, 2.24) is 24.4 Å². The van der Waals surface area contributed by atoms with Crippen LogP contribution in [0.5, 0.6) is 0 Å². The third-order valence-corrected chi connectivity index (χ3v) is 6.16. The molecule has 1 unspecified atom stereocenters. The van der Waals surface area contributed by atoms with Gasteiger partial charge in [0.25, 0.3) is 5.91 Å². The van der Waals surface area contributed by atoms with Crippen LogP contribution in [0.3, 0.4) is 0 Å². The number of nitrogens with one attached hydrogen (secondary N) is 1. The fraction of sp³-hybridized carbons (Fsp3) is 0.273. The Hall–Kier alpha value is -3.30. The van der Waals surface area contributed by atoms with Gasteiger partial charge >= 0.3 is 0 Å². The van der Waals surface area contributed by atoms with Gasteiger partial charge in [-0.2, -0.15) is 0 Å². The van der Waals surface area contributed by atoms with E-state index >= 15 is 0 Å². The van der Waals surface area contributed by atoms with Crippen molar-refractivity contribution in [1.29, 1.82) is 0 Å². The Bertz CT molecular complexity index is 1270. The molecule has 0 bridgehead atoms. The lowest BCUT2D eigenvalue weighted by molar-refractivity contribution is 0.0983. The summed E-state index contributed by atoms with van der Waals surface area (Å²) < 4.78 is 1.95. The molecule has 0 aliphatic rings. The van der Waals surface area contributed by atoms with Crippen LogP contribution in [-0.2, 0) is 0 Å². The molecule has 0 aliphatic heterocycles. The van der Waals surface area contributed by atoms with E-state index in [4.69, 9.17) is 5.73 Å². The molecule has 1 aromatic carbocycles. The third kappa shape index (κ3) is 4.01. The van der Waals surface area contributed by atoms with Crippen molar-refractivity contribution in [2.75, 3.05) is 19.4 Å². The number of fused-ring (bicyclic) bond motifs is 1. The molecule has 1 atom stereocenters. The van der Waals surface area contributed by atoms with Crippen molar-refractivity contribution >= 4 is 39.8 Å². The van der Waals surface area contributed by atoms with Crippen LogP contribution in [0.2, 0.25) is 0 Å². The van der Waals surface area contributed by atoms with E-state index in [1.165, 1.54) is 0 Å². The molecule has 3 N–H and O–H groups in total. The lowest BCUT2D eigenvalue weighted by Crippen LogP contribution is -2.27. The normalized spacial score (nSPS) is 12.5. The number of carbonyl (C=O) groups excluding carboxylic acids is 1. The summed E-state index contributed by atoms with van der Waals surface area (Å²) in [6, 6.07) is 9.57. The minimum Gasteiger partial charge on any atom is -0.364 e. The number of hydrogen-bond donors (Lipinski definition) is 2. The predicted octanol–water partition coefficient (Wildman–Crippen LogP) is 4.09. The first kappa shape index (κ1) is 21.0. The molecule has 160 valence electrons. The maximum absolute atomic E-state index is 12.0. The second-order valence-electron chi connectivity index (χ2n) is 7.66. The summed E-state index contributed by atoms with van der Waals surface area (Å²) in [6.07, 6.45) is 1.70. The number of hydrogen-bond acceptors (Lipinski definition) is 7. The summed E-state index contributed by atoms with van der Waals surface area (Å²) in [4.78, 5) is 28.7. The third-order valence-electron chi connectivity index (χ3n) is 5.27. The topological polar surface area (TPSA) is 102 Å². The van der Waals surface area contributed by atoms with E-state index < -0.39 is 5.91 Å². The Kier molecular flexibility index (Phi) is 5.47. The summed E-state index contributed by atoms with van der Waals surface area (Å²) in [5, 5.41) is 5.18. The van der Waals surface area contributed by atoms with Gasteiger partial charge in [-0.25, -0.2) is 15.0 Å². The first-order valence-electron chi connectivity index (χ1n) is 9.90. The number of anilines is 2. The minimum atomic E-state index is -0.454. The van der Waals surface area contributed by atoms with Gasteiger partial charge in [-0.05, 0) is 65.2 Å². The van der Waals surface area contributed by atoms with E-state index in [1.807, 2.05) is 74.7 Å². The molecule has 0 fully saturated rings. The predicted molar refractivity (Wildman–Crippen MR) is 125 cm³/mol. The van der Waals surface area contributed by atoms with Crippen molar-refractivity contribution in [3.05, 3.63) is 52.1 Å². The van der Waals surface area contributed by atoms with Crippen LogP contribution in [0, 0.1) is 13.8 Å². The van der Waals surface area contributed by atoms with Crippen LogP contribution in [-0.4, -0.2) is 44.4 Å². The molecule has 3 heterocycles. The van der Waals surface area contributed by atoms with Gasteiger partial charge in [0.2, 0.25) is 5.95 Å². The molecule has 0 spiro atoms. The van der Waals surface area contributed by atoms with E-state index in [2.05, 4.69) is 20.3 Å². The van der Waals surface area contributed by atoms with E-state index in [0.29, 0.717) is 11.6 Å². The zero-order valence-electron chi connectivity index (χ0n) is 18.2. The zero-order chi connectivity index (χ0) is 22.3. The summed E-state index contributed by atoms with van der Waals surface area (Å²) in [6.45, 7) is 6.05. The number of nitrogens with zero attached hydrogens (tertiary/aromatic N) is 5. The molecular formula is C22H25N7OS. The summed E-state index contributed by atoms with van der Waals surface area (Å²) in [5.41, 5.74) is 9.53. The van der Waals surface area contributed by atoms with Gasteiger partial charge in [-0.1, -0.05) is 0 Å². The summed E-state index contributed by atoms with van der Waals surface area (Å²) >= 11 is 1.65. The largest absolute Gasteiger partial charge is 0.364 e. The van der Waals surface area contributed by atoms with Gasteiger partial charge in [0.15, 0.2) is 0 Å². The Labute approximate surface area is 184 Å². The highest BCUT2D eigenvalue weighted by Gasteiger charge is 2.19. The quantitative estimate of drug-likeness (QED) is 0.473. The number of primary amides is 1. The van der Waals surface area contributed by atoms with Crippen LogP contribution in [0.15, 0.2) is 36.5 Å². The highest BCUT2D eigenvalue weighted by Crippen LogP contribution is 2.29. The number of aryl methyl sites for hydroxylation is 2. The zero-order valence-corrected chi connectivity index (χ0v) is 19.0. The van der Waals surface area contributed by atoms with Crippen molar-refractivity contribution < 1.29 is 4.79 Å². The van der Waals surface area contributed by atoms with Gasteiger partial charge < -0.3 is 15.6 Å². The molecule has 9 heteroatoms. The molecular weight excluding hydrogens is 410 g/mol. The average Bonchev–Trinajstić information content (AvgIpc) is 3.26. The lowest BCUT2D eigenvalue weighted by Gasteiger charge is -2.24. The van der Waals surface area contributed by atoms with E-state index in [-0.39, 0.29) is 6.17 Å². The number of nitrogens with two attached hydrogens (primary N) is 1. The van der Waals surface area contributed by atoms with Crippen LogP contribution < -0.4 is 11.1 Å². The van der Waals surface area contributed by atoms with Gasteiger partial charge in [0, 0.05) is 22.1 Å². The molecule has 3 aromatic heterocycles. The highest BCUT2D eigenvalue weighted by atomic mass is 32.1. The molecule has 31 heavy (non-hydrogen) atoms. The Morgan fingerprint density at radius 2 is 1.97 bits per heavy atom. The molecule has 0 aliphatic carbocycles. The molecule has 4 rings (SSSR count). The maximum Gasteiger partial charge on any atom is 0.265 e.